The van der Waals surface area contributed by atoms with E-state index in [1.165, 1.54) is 5.56 Å². The van der Waals surface area contributed by atoms with Crippen LogP contribution in [-0.2, 0) is 5.75 Å². The fourth-order valence-electron chi connectivity index (χ4n) is 1.64. The molecule has 1 aliphatic heterocycles. The van der Waals surface area contributed by atoms with Crippen molar-refractivity contribution in [1.29, 1.82) is 0 Å². The molecule has 0 bridgehead atoms. The Hall–Kier alpha value is -0.390. The molecule has 1 heterocycles. The van der Waals surface area contributed by atoms with Gasteiger partial charge in [0.1, 0.15) is 13.2 Å². The molecule has 0 radical (unpaired) electrons. The van der Waals surface area contributed by atoms with Gasteiger partial charge in [-0.2, -0.15) is 11.8 Å². The van der Waals surface area contributed by atoms with Crippen molar-refractivity contribution in [2.24, 2.45) is 5.73 Å². The third-order valence-corrected chi connectivity index (χ3v) is 4.64. The Morgan fingerprint density at radius 3 is 2.50 bits per heavy atom. The number of thioether (sulfide) groups is 1. The van der Waals surface area contributed by atoms with Gasteiger partial charge in [-0.3, -0.25) is 0 Å². The number of rotatable bonds is 4. The van der Waals surface area contributed by atoms with Gasteiger partial charge in [0.2, 0.25) is 0 Å². The fourth-order valence-corrected chi connectivity index (χ4v) is 3.38. The Balaban J connectivity index is 2.04. The highest BCUT2D eigenvalue weighted by molar-refractivity contribution is 9.10. The average molecular weight is 332 g/mol. The number of ether oxygens (including phenoxy) is 2. The van der Waals surface area contributed by atoms with Gasteiger partial charge in [-0.25, -0.2) is 0 Å². The molecule has 5 heteroatoms. The minimum atomic E-state index is -0.134. The van der Waals surface area contributed by atoms with E-state index in [9.17, 15) is 0 Å². The summed E-state index contributed by atoms with van der Waals surface area (Å²) in [4.78, 5) is 0. The number of nitrogens with two attached hydrogens (primary N) is 1. The molecule has 2 rings (SSSR count). The zero-order valence-corrected chi connectivity index (χ0v) is 13.1. The predicted molar refractivity (Wildman–Crippen MR) is 79.6 cm³/mol. The third-order valence-electron chi connectivity index (χ3n) is 2.44. The molecule has 2 N–H and O–H groups in total. The van der Waals surface area contributed by atoms with Crippen molar-refractivity contribution in [3.63, 3.8) is 0 Å². The second-order valence-electron chi connectivity index (χ2n) is 5.07. The standard InChI is InChI=1S/C13H18BrNO2S/c1-13(2,15)8-18-7-9-5-11-12(6-10(9)14)17-4-3-16-11/h5-6H,3-4,7-8,15H2,1-2H3. The summed E-state index contributed by atoms with van der Waals surface area (Å²) < 4.78 is 12.2. The Morgan fingerprint density at radius 2 is 1.89 bits per heavy atom. The van der Waals surface area contributed by atoms with Gasteiger partial charge in [0, 0.05) is 21.5 Å². The van der Waals surface area contributed by atoms with Gasteiger partial charge in [0.25, 0.3) is 0 Å². The lowest BCUT2D eigenvalue weighted by Crippen LogP contribution is -2.34. The summed E-state index contributed by atoms with van der Waals surface area (Å²) in [5.74, 6) is 3.50. The monoisotopic (exact) mass is 331 g/mol. The first-order valence-electron chi connectivity index (χ1n) is 5.90. The van der Waals surface area contributed by atoms with E-state index in [-0.39, 0.29) is 5.54 Å². The Labute approximate surface area is 121 Å². The smallest absolute Gasteiger partial charge is 0.162 e. The molecule has 1 aromatic carbocycles. The van der Waals surface area contributed by atoms with Crippen LogP contribution < -0.4 is 15.2 Å². The summed E-state index contributed by atoms with van der Waals surface area (Å²) in [7, 11) is 0. The summed E-state index contributed by atoms with van der Waals surface area (Å²) in [6.07, 6.45) is 0. The van der Waals surface area contributed by atoms with Crippen LogP contribution in [0.15, 0.2) is 16.6 Å². The Bertz CT molecular complexity index is 432. The molecule has 0 aromatic heterocycles. The van der Waals surface area contributed by atoms with Gasteiger partial charge in [0.05, 0.1) is 0 Å². The van der Waals surface area contributed by atoms with Gasteiger partial charge in [-0.1, -0.05) is 15.9 Å². The minimum absolute atomic E-state index is 0.134. The molecule has 18 heavy (non-hydrogen) atoms. The maximum Gasteiger partial charge on any atom is 0.162 e. The molecule has 0 spiro atoms. The van der Waals surface area contributed by atoms with Crippen LogP contribution >= 0.6 is 27.7 Å². The maximum atomic E-state index is 5.97. The fraction of sp³-hybridized carbons (Fsp3) is 0.538. The molecule has 0 saturated carbocycles. The Morgan fingerprint density at radius 1 is 1.28 bits per heavy atom. The topological polar surface area (TPSA) is 44.5 Å². The molecule has 100 valence electrons. The van der Waals surface area contributed by atoms with Crippen LogP contribution in [0.4, 0.5) is 0 Å². The van der Waals surface area contributed by atoms with Crippen molar-refractivity contribution < 1.29 is 9.47 Å². The SMILES string of the molecule is CC(C)(N)CSCc1cc2c(cc1Br)OCCO2. The molecule has 0 atom stereocenters. The van der Waals surface area contributed by atoms with E-state index < -0.39 is 0 Å². The van der Waals surface area contributed by atoms with Crippen LogP contribution in [0.3, 0.4) is 0 Å². The van der Waals surface area contributed by atoms with Crippen LogP contribution in [0, 0.1) is 0 Å². The zero-order chi connectivity index (χ0) is 13.2. The average Bonchev–Trinajstić information content (AvgIpc) is 2.28. The summed E-state index contributed by atoms with van der Waals surface area (Å²) in [5, 5.41) is 0. The maximum absolute atomic E-state index is 5.97. The molecule has 0 fully saturated rings. The number of hydrogen-bond acceptors (Lipinski definition) is 4. The highest BCUT2D eigenvalue weighted by Gasteiger charge is 2.16. The lowest BCUT2D eigenvalue weighted by atomic mass is 10.1. The highest BCUT2D eigenvalue weighted by atomic mass is 79.9. The van der Waals surface area contributed by atoms with Crippen LogP contribution in [0.25, 0.3) is 0 Å². The van der Waals surface area contributed by atoms with E-state index in [0.717, 1.165) is 27.5 Å². The first kappa shape index (κ1) is 14.0. The molecule has 1 aromatic rings. The van der Waals surface area contributed by atoms with Crippen LogP contribution in [0.1, 0.15) is 19.4 Å². The molecule has 0 aliphatic carbocycles. The number of halogens is 1. The molecule has 0 saturated heterocycles. The van der Waals surface area contributed by atoms with Crippen LogP contribution in [-0.4, -0.2) is 24.5 Å². The molecule has 3 nitrogen and oxygen atoms in total. The lowest BCUT2D eigenvalue weighted by molar-refractivity contribution is 0.171. The normalized spacial score (nSPS) is 14.7. The second kappa shape index (κ2) is 5.72. The highest BCUT2D eigenvalue weighted by Crippen LogP contribution is 2.37. The quantitative estimate of drug-likeness (QED) is 0.920. The number of fused-ring (bicyclic) bond motifs is 1. The van der Waals surface area contributed by atoms with E-state index in [1.807, 2.05) is 31.7 Å². The second-order valence-corrected chi connectivity index (χ2v) is 6.91. The van der Waals surface area contributed by atoms with E-state index in [0.29, 0.717) is 13.2 Å². The van der Waals surface area contributed by atoms with Crippen molar-refractivity contribution in [3.05, 3.63) is 22.2 Å². The van der Waals surface area contributed by atoms with E-state index in [1.54, 1.807) is 0 Å². The van der Waals surface area contributed by atoms with Crippen LogP contribution in [0.2, 0.25) is 0 Å². The summed E-state index contributed by atoms with van der Waals surface area (Å²) in [5.41, 5.74) is 7.05. The first-order valence-corrected chi connectivity index (χ1v) is 7.85. The number of hydrogen-bond donors (Lipinski definition) is 1. The Kier molecular flexibility index (Phi) is 4.45. The van der Waals surface area contributed by atoms with E-state index in [2.05, 4.69) is 22.0 Å². The van der Waals surface area contributed by atoms with Gasteiger partial charge in [-0.05, 0) is 31.5 Å². The van der Waals surface area contributed by atoms with Gasteiger partial charge in [0.15, 0.2) is 11.5 Å². The summed E-state index contributed by atoms with van der Waals surface area (Å²) in [6, 6.07) is 4.03. The van der Waals surface area contributed by atoms with Gasteiger partial charge < -0.3 is 15.2 Å². The predicted octanol–water partition coefficient (Wildman–Crippen LogP) is 3.19. The summed E-state index contributed by atoms with van der Waals surface area (Å²) >= 11 is 5.40. The van der Waals surface area contributed by atoms with Crippen molar-refractivity contribution in [3.8, 4) is 11.5 Å². The molecular weight excluding hydrogens is 314 g/mol. The van der Waals surface area contributed by atoms with Crippen LogP contribution in [0.5, 0.6) is 11.5 Å². The van der Waals surface area contributed by atoms with Crippen molar-refractivity contribution in [1.82, 2.24) is 0 Å². The molecular formula is C13H18BrNO2S. The van der Waals surface area contributed by atoms with E-state index >= 15 is 0 Å². The van der Waals surface area contributed by atoms with Gasteiger partial charge in [-0.15, -0.1) is 0 Å². The van der Waals surface area contributed by atoms with Gasteiger partial charge >= 0.3 is 0 Å². The molecule has 0 unspecified atom stereocenters. The lowest BCUT2D eigenvalue weighted by Gasteiger charge is -2.21. The summed E-state index contributed by atoms with van der Waals surface area (Å²) in [6.45, 7) is 5.32. The van der Waals surface area contributed by atoms with Crippen molar-refractivity contribution in [2.75, 3.05) is 19.0 Å². The zero-order valence-electron chi connectivity index (χ0n) is 10.7. The van der Waals surface area contributed by atoms with Crippen molar-refractivity contribution >= 4 is 27.7 Å². The minimum Gasteiger partial charge on any atom is -0.486 e. The van der Waals surface area contributed by atoms with Crippen molar-refractivity contribution in [2.45, 2.75) is 25.1 Å². The number of benzene rings is 1. The molecule has 1 aliphatic rings. The third kappa shape index (κ3) is 3.80. The first-order chi connectivity index (χ1) is 8.46. The largest absolute Gasteiger partial charge is 0.486 e. The van der Waals surface area contributed by atoms with E-state index in [4.69, 9.17) is 15.2 Å². The molecule has 0 amide bonds.